The summed E-state index contributed by atoms with van der Waals surface area (Å²) >= 11 is 3.47. The van der Waals surface area contributed by atoms with Crippen molar-refractivity contribution >= 4 is 21.9 Å². The number of halogens is 1. The molecule has 1 N–H and O–H groups in total. The molecule has 0 saturated carbocycles. The van der Waals surface area contributed by atoms with Crippen LogP contribution in [0.2, 0.25) is 0 Å². The van der Waals surface area contributed by atoms with Gasteiger partial charge in [0.1, 0.15) is 5.75 Å². The van der Waals surface area contributed by atoms with Crippen LogP contribution in [0.15, 0.2) is 22.7 Å². The number of carboxylic acids is 1. The van der Waals surface area contributed by atoms with Crippen molar-refractivity contribution in [1.29, 1.82) is 0 Å². The van der Waals surface area contributed by atoms with Crippen molar-refractivity contribution in [2.75, 3.05) is 20.3 Å². The molecule has 0 aliphatic carbocycles. The molecule has 1 unspecified atom stereocenters. The fourth-order valence-electron chi connectivity index (χ4n) is 2.49. The first-order valence-corrected chi connectivity index (χ1v) is 6.92. The van der Waals surface area contributed by atoms with Crippen molar-refractivity contribution in [3.05, 3.63) is 28.2 Å². The van der Waals surface area contributed by atoms with Gasteiger partial charge in [-0.3, -0.25) is 4.79 Å². The van der Waals surface area contributed by atoms with Crippen LogP contribution in [0, 0.1) is 5.92 Å². The van der Waals surface area contributed by atoms with Crippen LogP contribution >= 0.6 is 15.9 Å². The van der Waals surface area contributed by atoms with Crippen LogP contribution in [0.25, 0.3) is 0 Å². The van der Waals surface area contributed by atoms with E-state index in [1.54, 1.807) is 7.11 Å². The number of hydrogen-bond donors (Lipinski definition) is 1. The molecule has 1 aliphatic heterocycles. The minimum atomic E-state index is -0.772. The van der Waals surface area contributed by atoms with Gasteiger partial charge >= 0.3 is 5.97 Å². The van der Waals surface area contributed by atoms with E-state index in [0.29, 0.717) is 13.2 Å². The second-order valence-electron chi connectivity index (χ2n) is 5.00. The van der Waals surface area contributed by atoms with Gasteiger partial charge < -0.3 is 14.6 Å². The minimum absolute atomic E-state index is 0.0269. The summed E-state index contributed by atoms with van der Waals surface area (Å²) in [5, 5.41) is 8.98. The third kappa shape index (κ3) is 2.62. The van der Waals surface area contributed by atoms with Crippen LogP contribution in [0.3, 0.4) is 0 Å². The van der Waals surface area contributed by atoms with Gasteiger partial charge in [0.2, 0.25) is 0 Å². The van der Waals surface area contributed by atoms with Gasteiger partial charge in [-0.2, -0.15) is 0 Å². The summed E-state index contributed by atoms with van der Waals surface area (Å²) in [6.45, 7) is 3.11. The lowest BCUT2D eigenvalue weighted by atomic mass is 9.68. The highest BCUT2D eigenvalue weighted by Gasteiger charge is 2.45. The molecule has 104 valence electrons. The molecule has 0 spiro atoms. The van der Waals surface area contributed by atoms with Gasteiger partial charge in [-0.25, -0.2) is 0 Å². The maximum Gasteiger partial charge on any atom is 0.303 e. The Hall–Kier alpha value is -1.07. The Bertz CT molecular complexity index is 482. The van der Waals surface area contributed by atoms with Gasteiger partial charge in [-0.15, -0.1) is 0 Å². The van der Waals surface area contributed by atoms with E-state index >= 15 is 0 Å². The molecule has 1 atom stereocenters. The predicted molar refractivity (Wildman–Crippen MR) is 74.6 cm³/mol. The molecule has 1 aromatic carbocycles. The van der Waals surface area contributed by atoms with Gasteiger partial charge in [-0.05, 0) is 39.5 Å². The number of carboxylic acid groups (broad SMARTS) is 1. The Kier molecular flexibility index (Phi) is 4.16. The lowest BCUT2D eigenvalue weighted by Gasteiger charge is -2.46. The van der Waals surface area contributed by atoms with Gasteiger partial charge in [0.25, 0.3) is 0 Å². The number of ether oxygens (including phenoxy) is 2. The maximum absolute atomic E-state index is 10.9. The summed E-state index contributed by atoms with van der Waals surface area (Å²) in [5.74, 6) is 0.0235. The molecule has 2 rings (SSSR count). The van der Waals surface area contributed by atoms with E-state index in [0.717, 1.165) is 15.8 Å². The molecule has 1 saturated heterocycles. The first-order chi connectivity index (χ1) is 8.99. The van der Waals surface area contributed by atoms with E-state index in [4.69, 9.17) is 14.6 Å². The molecule has 4 nitrogen and oxygen atoms in total. The van der Waals surface area contributed by atoms with Crippen molar-refractivity contribution in [3.8, 4) is 5.75 Å². The normalized spacial score (nSPS) is 18.5. The zero-order valence-electron chi connectivity index (χ0n) is 11.0. The number of methoxy groups -OCH3 is 1. The number of aliphatic carboxylic acids is 1. The Labute approximate surface area is 120 Å². The largest absolute Gasteiger partial charge is 0.496 e. The molecule has 0 radical (unpaired) electrons. The van der Waals surface area contributed by atoms with Crippen LogP contribution in [-0.4, -0.2) is 31.4 Å². The zero-order valence-corrected chi connectivity index (χ0v) is 12.6. The van der Waals surface area contributed by atoms with Gasteiger partial charge in [0.15, 0.2) is 0 Å². The summed E-state index contributed by atoms with van der Waals surface area (Å²) in [6, 6.07) is 5.89. The molecule has 1 aliphatic rings. The van der Waals surface area contributed by atoms with Crippen molar-refractivity contribution in [1.82, 2.24) is 0 Å². The van der Waals surface area contributed by atoms with Crippen LogP contribution in [0.1, 0.15) is 18.9 Å². The second-order valence-corrected chi connectivity index (χ2v) is 5.85. The van der Waals surface area contributed by atoms with Crippen molar-refractivity contribution in [3.63, 3.8) is 0 Å². The summed E-state index contributed by atoms with van der Waals surface area (Å²) in [4.78, 5) is 10.9. The third-order valence-corrected chi connectivity index (χ3v) is 4.49. The molecule has 19 heavy (non-hydrogen) atoms. The van der Waals surface area contributed by atoms with Gasteiger partial charge in [0.05, 0.1) is 24.8 Å². The number of carbonyl (C=O) groups is 1. The Morgan fingerprint density at radius 3 is 2.68 bits per heavy atom. The van der Waals surface area contributed by atoms with E-state index in [2.05, 4.69) is 15.9 Å². The van der Waals surface area contributed by atoms with E-state index in [1.165, 1.54) is 0 Å². The van der Waals surface area contributed by atoms with Crippen molar-refractivity contribution < 1.29 is 19.4 Å². The molecule has 1 heterocycles. The second kappa shape index (κ2) is 5.51. The molecule has 0 bridgehead atoms. The summed E-state index contributed by atoms with van der Waals surface area (Å²) < 4.78 is 11.4. The highest BCUT2D eigenvalue weighted by Crippen LogP contribution is 2.43. The van der Waals surface area contributed by atoms with E-state index in [9.17, 15) is 4.79 Å². The van der Waals surface area contributed by atoms with Gasteiger partial charge in [-0.1, -0.05) is 13.0 Å². The fraction of sp³-hybridized carbons (Fsp3) is 0.500. The molecule has 1 fully saturated rings. The average molecular weight is 329 g/mol. The molecule has 0 amide bonds. The van der Waals surface area contributed by atoms with E-state index in [-0.39, 0.29) is 17.8 Å². The summed E-state index contributed by atoms with van der Waals surface area (Å²) in [5.41, 5.74) is 0.896. The topological polar surface area (TPSA) is 55.8 Å². The quantitative estimate of drug-likeness (QED) is 0.903. The highest BCUT2D eigenvalue weighted by molar-refractivity contribution is 9.10. The van der Waals surface area contributed by atoms with Crippen LogP contribution in [0.5, 0.6) is 5.75 Å². The van der Waals surface area contributed by atoms with Crippen LogP contribution < -0.4 is 4.74 Å². The Balaban J connectivity index is 2.31. The molecular weight excluding hydrogens is 312 g/mol. The first-order valence-electron chi connectivity index (χ1n) is 6.13. The lowest BCUT2D eigenvalue weighted by molar-refractivity contribution is -0.142. The number of benzene rings is 1. The molecular formula is C14H17BrO4. The number of hydrogen-bond acceptors (Lipinski definition) is 3. The lowest BCUT2D eigenvalue weighted by Crippen LogP contribution is -2.52. The smallest absolute Gasteiger partial charge is 0.303 e. The first kappa shape index (κ1) is 14.3. The molecule has 5 heteroatoms. The van der Waals surface area contributed by atoms with E-state index < -0.39 is 5.97 Å². The van der Waals surface area contributed by atoms with Crippen LogP contribution in [-0.2, 0) is 14.9 Å². The number of rotatable bonds is 5. The standard InChI is InChI=1S/C14H17BrO4/c1-9(5-13(16)17)14(7-19-8-14)10-3-4-12(18-2)11(15)6-10/h3-4,6,9H,5,7-8H2,1-2H3,(H,16,17). The SMILES string of the molecule is COc1ccc(C2(C(C)CC(=O)O)COC2)cc1Br. The maximum atomic E-state index is 10.9. The molecule has 0 aromatic heterocycles. The van der Waals surface area contributed by atoms with Crippen molar-refractivity contribution in [2.45, 2.75) is 18.8 Å². The predicted octanol–water partition coefficient (Wildman–Crippen LogP) is 2.84. The monoisotopic (exact) mass is 328 g/mol. The van der Waals surface area contributed by atoms with Crippen molar-refractivity contribution in [2.24, 2.45) is 5.92 Å². The molecule has 1 aromatic rings. The highest BCUT2D eigenvalue weighted by atomic mass is 79.9. The van der Waals surface area contributed by atoms with Crippen LogP contribution in [0.4, 0.5) is 0 Å². The third-order valence-electron chi connectivity index (χ3n) is 3.87. The fourth-order valence-corrected chi connectivity index (χ4v) is 3.03. The zero-order chi connectivity index (χ0) is 14.0. The van der Waals surface area contributed by atoms with Gasteiger partial charge in [0, 0.05) is 11.8 Å². The Morgan fingerprint density at radius 1 is 1.58 bits per heavy atom. The minimum Gasteiger partial charge on any atom is -0.496 e. The summed E-state index contributed by atoms with van der Waals surface area (Å²) in [7, 11) is 1.62. The average Bonchev–Trinajstić information content (AvgIpc) is 2.26. The Morgan fingerprint density at radius 2 is 2.26 bits per heavy atom. The summed E-state index contributed by atoms with van der Waals surface area (Å²) in [6.07, 6.45) is 0.146. The van der Waals surface area contributed by atoms with E-state index in [1.807, 2.05) is 25.1 Å².